The first-order chi connectivity index (χ1) is 13.1. The van der Waals surface area contributed by atoms with Gasteiger partial charge in [-0.25, -0.2) is 12.8 Å². The zero-order chi connectivity index (χ0) is 20.6. The number of nitrogens with zero attached hydrogens (tertiary/aromatic N) is 2. The van der Waals surface area contributed by atoms with Gasteiger partial charge in [-0.15, -0.1) is 0 Å². The second-order valence-electron chi connectivity index (χ2n) is 6.79. The molecule has 28 heavy (non-hydrogen) atoms. The molecule has 6 nitrogen and oxygen atoms in total. The number of hydrogen-bond acceptors (Lipinski definition) is 6. The van der Waals surface area contributed by atoms with E-state index in [-0.39, 0.29) is 27.6 Å². The maximum atomic E-state index is 13.0. The summed E-state index contributed by atoms with van der Waals surface area (Å²) in [5, 5.41) is 0. The molecule has 2 atom stereocenters. The highest BCUT2D eigenvalue weighted by Crippen LogP contribution is 2.34. The van der Waals surface area contributed by atoms with E-state index < -0.39 is 27.8 Å². The van der Waals surface area contributed by atoms with Crippen molar-refractivity contribution in [1.82, 2.24) is 9.80 Å². The van der Waals surface area contributed by atoms with Crippen molar-refractivity contribution in [2.24, 2.45) is 0 Å². The predicted molar refractivity (Wildman–Crippen MR) is 111 cm³/mol. The Morgan fingerprint density at radius 2 is 2.04 bits per heavy atom. The summed E-state index contributed by atoms with van der Waals surface area (Å²) in [6, 6.07) is 4.44. The number of hydrogen-bond donors (Lipinski definition) is 0. The van der Waals surface area contributed by atoms with Crippen LogP contribution < -0.4 is 0 Å². The smallest absolute Gasteiger partial charge is 0.266 e. The Balaban J connectivity index is 1.75. The number of sulfone groups is 1. The van der Waals surface area contributed by atoms with Crippen molar-refractivity contribution in [2.75, 3.05) is 18.6 Å². The molecule has 0 aliphatic carbocycles. The van der Waals surface area contributed by atoms with Crippen molar-refractivity contribution in [3.8, 4) is 0 Å². The van der Waals surface area contributed by atoms with Gasteiger partial charge in [0, 0.05) is 13.1 Å². The number of rotatable bonds is 4. The number of halogens is 1. The van der Waals surface area contributed by atoms with Crippen molar-refractivity contribution in [3.05, 3.63) is 40.6 Å². The first-order valence-electron chi connectivity index (χ1n) is 8.59. The molecule has 0 radical (unpaired) electrons. The van der Waals surface area contributed by atoms with Gasteiger partial charge in [0.2, 0.25) is 5.91 Å². The summed E-state index contributed by atoms with van der Waals surface area (Å²) in [4.78, 5) is 28.6. The summed E-state index contributed by atoms with van der Waals surface area (Å²) < 4.78 is 36.7. The monoisotopic (exact) mass is 442 g/mol. The van der Waals surface area contributed by atoms with Crippen LogP contribution in [0.2, 0.25) is 0 Å². The van der Waals surface area contributed by atoms with Gasteiger partial charge in [0.05, 0.1) is 16.4 Å². The van der Waals surface area contributed by atoms with Gasteiger partial charge in [-0.3, -0.25) is 14.5 Å². The molecule has 2 heterocycles. The second kappa shape index (κ2) is 7.92. The van der Waals surface area contributed by atoms with E-state index in [1.807, 2.05) is 0 Å². The number of thioether (sulfide) groups is 1. The van der Waals surface area contributed by atoms with Gasteiger partial charge in [0.25, 0.3) is 5.91 Å². The Kier molecular flexibility index (Phi) is 5.92. The second-order valence-corrected chi connectivity index (χ2v) is 10.7. The third kappa shape index (κ3) is 4.28. The summed E-state index contributed by atoms with van der Waals surface area (Å²) in [7, 11) is -1.57. The van der Waals surface area contributed by atoms with E-state index in [0.29, 0.717) is 16.9 Å². The van der Waals surface area contributed by atoms with Crippen LogP contribution >= 0.6 is 24.0 Å². The first kappa shape index (κ1) is 20.9. The van der Waals surface area contributed by atoms with Crippen LogP contribution in [0, 0.1) is 5.82 Å². The van der Waals surface area contributed by atoms with E-state index >= 15 is 0 Å². The predicted octanol–water partition coefficient (Wildman–Crippen LogP) is 2.06. The average molecular weight is 443 g/mol. The van der Waals surface area contributed by atoms with E-state index in [2.05, 4.69) is 0 Å². The zero-order valence-corrected chi connectivity index (χ0v) is 17.7. The maximum absolute atomic E-state index is 13.0. The van der Waals surface area contributed by atoms with Gasteiger partial charge in [-0.05, 0) is 37.1 Å². The van der Waals surface area contributed by atoms with Crippen molar-refractivity contribution in [3.63, 3.8) is 0 Å². The minimum atomic E-state index is -3.13. The van der Waals surface area contributed by atoms with Crippen molar-refractivity contribution < 1.29 is 22.4 Å². The molecular weight excluding hydrogens is 423 g/mol. The lowest BCUT2D eigenvalue weighted by Gasteiger charge is -2.30. The molecule has 1 aromatic carbocycles. The number of carbonyl (C=O) groups excluding carboxylic acids is 2. The summed E-state index contributed by atoms with van der Waals surface area (Å²) in [6.07, 6.45) is 1.99. The van der Waals surface area contributed by atoms with Crippen LogP contribution in [0.25, 0.3) is 6.08 Å². The molecule has 0 spiro atoms. The highest BCUT2D eigenvalue weighted by molar-refractivity contribution is 8.26. The Morgan fingerprint density at radius 3 is 2.61 bits per heavy atom. The number of thiocarbonyl (C=S) groups is 1. The van der Waals surface area contributed by atoms with Gasteiger partial charge in [0.1, 0.15) is 16.2 Å². The molecule has 2 saturated heterocycles. The first-order valence-corrected chi connectivity index (χ1v) is 11.6. The lowest BCUT2D eigenvalue weighted by molar-refractivity contribution is -0.139. The third-order valence-corrected chi connectivity index (χ3v) is 7.92. The molecule has 2 fully saturated rings. The molecule has 3 rings (SSSR count). The molecule has 0 N–H and O–H groups in total. The Bertz CT molecular complexity index is 960. The van der Waals surface area contributed by atoms with Crippen LogP contribution in [0.1, 0.15) is 18.9 Å². The van der Waals surface area contributed by atoms with Crippen LogP contribution in [-0.2, 0) is 19.4 Å². The molecule has 0 bridgehead atoms. The van der Waals surface area contributed by atoms with Crippen LogP contribution in [0.5, 0.6) is 0 Å². The molecule has 0 saturated carbocycles. The summed E-state index contributed by atoms with van der Waals surface area (Å²) >= 11 is 6.36. The Hall–Kier alpha value is -1.78. The number of amides is 2. The zero-order valence-electron chi connectivity index (χ0n) is 15.3. The van der Waals surface area contributed by atoms with E-state index in [0.717, 1.165) is 11.8 Å². The fourth-order valence-corrected chi connectivity index (χ4v) is 6.38. The maximum Gasteiger partial charge on any atom is 0.266 e. The summed E-state index contributed by atoms with van der Waals surface area (Å²) in [5.74, 6) is -1.13. The van der Waals surface area contributed by atoms with E-state index in [1.54, 1.807) is 32.2 Å². The SMILES string of the molecule is C[C@@H](C(=O)N(C)[C@@H]1CCS(=O)(=O)C1)N1C(=O)/C(=C/c2ccc(F)cc2)SC1=S. The van der Waals surface area contributed by atoms with E-state index in [1.165, 1.54) is 21.9 Å². The van der Waals surface area contributed by atoms with Gasteiger partial charge >= 0.3 is 0 Å². The quantitative estimate of drug-likeness (QED) is 0.525. The normalized spacial score (nSPS) is 24.0. The molecular formula is C18H19FN2O4S3. The molecule has 2 aliphatic heterocycles. The minimum absolute atomic E-state index is 0.0606. The minimum Gasteiger partial charge on any atom is -0.340 e. The average Bonchev–Trinajstić information content (AvgIpc) is 3.14. The molecule has 150 valence electrons. The van der Waals surface area contributed by atoms with Crippen LogP contribution in [0.3, 0.4) is 0 Å². The third-order valence-electron chi connectivity index (χ3n) is 4.84. The highest BCUT2D eigenvalue weighted by Gasteiger charge is 2.41. The topological polar surface area (TPSA) is 74.8 Å². The molecule has 1 aromatic rings. The molecule has 0 unspecified atom stereocenters. The lowest BCUT2D eigenvalue weighted by atomic mass is 10.1. The van der Waals surface area contributed by atoms with E-state index in [4.69, 9.17) is 12.2 Å². The van der Waals surface area contributed by atoms with Crippen LogP contribution in [0.15, 0.2) is 29.2 Å². The van der Waals surface area contributed by atoms with Crippen molar-refractivity contribution in [2.45, 2.75) is 25.4 Å². The van der Waals surface area contributed by atoms with Gasteiger partial charge in [0.15, 0.2) is 9.84 Å². The largest absolute Gasteiger partial charge is 0.340 e. The summed E-state index contributed by atoms with van der Waals surface area (Å²) in [5.41, 5.74) is 0.647. The van der Waals surface area contributed by atoms with Gasteiger partial charge in [-0.1, -0.05) is 36.1 Å². The fourth-order valence-electron chi connectivity index (χ4n) is 3.19. The van der Waals surface area contributed by atoms with Gasteiger partial charge < -0.3 is 4.90 Å². The number of likely N-dealkylation sites (N-methyl/N-ethyl adjacent to an activating group) is 1. The van der Waals surface area contributed by atoms with Crippen molar-refractivity contribution in [1.29, 1.82) is 0 Å². The fraction of sp³-hybridized carbons (Fsp3) is 0.389. The van der Waals surface area contributed by atoms with E-state index in [9.17, 15) is 22.4 Å². The number of carbonyl (C=O) groups is 2. The van der Waals surface area contributed by atoms with Gasteiger partial charge in [-0.2, -0.15) is 0 Å². The Morgan fingerprint density at radius 1 is 1.39 bits per heavy atom. The lowest BCUT2D eigenvalue weighted by Crippen LogP contribution is -2.50. The Labute approximate surface area is 172 Å². The standard InChI is InChI=1S/C18H19FN2O4S3/c1-11(16(22)20(2)14-7-8-28(24,25)10-14)21-17(23)15(27-18(21)26)9-12-3-5-13(19)6-4-12/h3-6,9,11,14H,7-8,10H2,1-2H3/b15-9-/t11-,14+/m0/s1. The van der Waals surface area contributed by atoms with Crippen molar-refractivity contribution >= 4 is 56.0 Å². The molecule has 10 heteroatoms. The van der Waals surface area contributed by atoms with Crippen LogP contribution in [0.4, 0.5) is 4.39 Å². The number of benzene rings is 1. The molecule has 2 aliphatic rings. The molecule has 2 amide bonds. The molecule has 0 aromatic heterocycles. The van der Waals surface area contributed by atoms with Crippen LogP contribution in [-0.4, -0.2) is 65.0 Å². The highest BCUT2D eigenvalue weighted by atomic mass is 32.2. The summed E-state index contributed by atoms with van der Waals surface area (Å²) in [6.45, 7) is 1.58.